The van der Waals surface area contributed by atoms with Crippen LogP contribution in [0.15, 0.2) is 0 Å². The average molecular weight is 317 g/mol. The van der Waals surface area contributed by atoms with Gasteiger partial charge in [-0.15, -0.1) is 0 Å². The number of hydrogen-bond acceptors (Lipinski definition) is 3. The Balaban J connectivity index is 1.57. The van der Waals surface area contributed by atoms with Crippen LogP contribution in [-0.2, 0) is 9.53 Å². The van der Waals surface area contributed by atoms with E-state index in [2.05, 4.69) is 13.8 Å². The highest BCUT2D eigenvalue weighted by molar-refractivity contribution is 5.72. The molecule has 3 nitrogen and oxygen atoms in total. The van der Waals surface area contributed by atoms with E-state index < -0.39 is 11.4 Å². The molecule has 1 heterocycles. The van der Waals surface area contributed by atoms with E-state index in [0.717, 1.165) is 25.2 Å². The Morgan fingerprint density at radius 2 is 1.91 bits per heavy atom. The Morgan fingerprint density at radius 3 is 2.65 bits per heavy atom. The lowest BCUT2D eigenvalue weighted by Gasteiger charge is -2.65. The predicted molar refractivity (Wildman–Crippen MR) is 84.3 cm³/mol. The number of ether oxygens (including phenoxy) is 1. The lowest BCUT2D eigenvalue weighted by molar-refractivity contribution is -0.328. The van der Waals surface area contributed by atoms with Crippen molar-refractivity contribution in [1.29, 1.82) is 0 Å². The molecule has 1 spiro atoms. The van der Waals surface area contributed by atoms with Crippen LogP contribution in [-0.4, -0.2) is 17.7 Å². The van der Waals surface area contributed by atoms with Gasteiger partial charge in [-0.05, 0) is 74.5 Å². The molecule has 4 aliphatic carbocycles. The van der Waals surface area contributed by atoms with E-state index in [0.29, 0.717) is 17.4 Å². The summed E-state index contributed by atoms with van der Waals surface area (Å²) >= 11 is 0. The fraction of sp³-hybridized carbons (Fsp3) is 0.950. The van der Waals surface area contributed by atoms with Crippen molar-refractivity contribution in [2.45, 2.75) is 83.8 Å². The Bertz CT molecular complexity index is 587. The number of fused-ring (bicyclic) bond motifs is 2. The highest BCUT2D eigenvalue weighted by Gasteiger charge is 2.73. The molecule has 128 valence electrons. The topological polar surface area (TPSA) is 49.4 Å². The molecule has 0 N–H and O–H groups in total. The molecule has 5 fully saturated rings. The van der Waals surface area contributed by atoms with Crippen LogP contribution in [0, 0.1) is 34.0 Å². The molecule has 1 saturated heterocycles. The smallest absolute Gasteiger partial charge is 0.0716 e. The molecule has 2 unspecified atom stereocenters. The zero-order chi connectivity index (χ0) is 16.3. The molecule has 1 aliphatic heterocycles. The van der Waals surface area contributed by atoms with Crippen molar-refractivity contribution in [2.75, 3.05) is 0 Å². The van der Waals surface area contributed by atoms with Crippen LogP contribution < -0.4 is 5.11 Å². The molecule has 2 bridgehead atoms. The standard InChI is InChI=1S/C20H30O3/c1-17-6-4-7-18(2,16(21)22)14(17)5-8-20-10-12-13(9-15(17)20)23-19(12,3)11-20/h12-15H,4-11H2,1-3H3,(H,21,22)/p-1/t12-,13?,14-,15-,17+,18+,19?,20-/m0/s1. The highest BCUT2D eigenvalue weighted by Crippen LogP contribution is 2.76. The van der Waals surface area contributed by atoms with Crippen molar-refractivity contribution in [3.8, 4) is 0 Å². The van der Waals surface area contributed by atoms with Gasteiger partial charge in [-0.2, -0.15) is 0 Å². The summed E-state index contributed by atoms with van der Waals surface area (Å²) in [5.41, 5.74) is 0.0993. The van der Waals surface area contributed by atoms with Gasteiger partial charge in [0, 0.05) is 17.3 Å². The van der Waals surface area contributed by atoms with Gasteiger partial charge in [-0.1, -0.05) is 20.3 Å². The summed E-state index contributed by atoms with van der Waals surface area (Å²) in [6, 6.07) is 0. The molecule has 4 saturated carbocycles. The van der Waals surface area contributed by atoms with Gasteiger partial charge in [-0.25, -0.2) is 0 Å². The number of rotatable bonds is 1. The summed E-state index contributed by atoms with van der Waals surface area (Å²) in [5, 5.41) is 12.0. The second-order valence-electron chi connectivity index (χ2n) is 10.3. The van der Waals surface area contributed by atoms with Gasteiger partial charge >= 0.3 is 0 Å². The van der Waals surface area contributed by atoms with Crippen molar-refractivity contribution in [2.24, 2.45) is 34.0 Å². The van der Waals surface area contributed by atoms with Crippen molar-refractivity contribution in [1.82, 2.24) is 0 Å². The molecular formula is C20H29O3-. The molecule has 0 aromatic heterocycles. The van der Waals surface area contributed by atoms with E-state index in [9.17, 15) is 9.90 Å². The van der Waals surface area contributed by atoms with Crippen LogP contribution in [0.3, 0.4) is 0 Å². The van der Waals surface area contributed by atoms with Gasteiger partial charge in [0.15, 0.2) is 0 Å². The Kier molecular flexibility index (Phi) is 2.55. The Hall–Kier alpha value is -0.570. The van der Waals surface area contributed by atoms with Crippen molar-refractivity contribution < 1.29 is 14.6 Å². The van der Waals surface area contributed by atoms with Crippen LogP contribution in [0.5, 0.6) is 0 Å². The third kappa shape index (κ3) is 1.50. The molecule has 5 rings (SSSR count). The third-order valence-electron chi connectivity index (χ3n) is 9.36. The number of carbonyl (C=O) groups is 1. The van der Waals surface area contributed by atoms with E-state index in [1.54, 1.807) is 0 Å². The summed E-state index contributed by atoms with van der Waals surface area (Å²) in [6.07, 6.45) is 9.50. The van der Waals surface area contributed by atoms with E-state index in [4.69, 9.17) is 4.74 Å². The van der Waals surface area contributed by atoms with Crippen molar-refractivity contribution >= 4 is 5.97 Å². The first-order chi connectivity index (χ1) is 10.7. The van der Waals surface area contributed by atoms with Gasteiger partial charge in [0.1, 0.15) is 0 Å². The molecule has 0 radical (unpaired) electrons. The molecule has 8 atom stereocenters. The zero-order valence-electron chi connectivity index (χ0n) is 14.7. The largest absolute Gasteiger partial charge is 0.550 e. The first kappa shape index (κ1) is 14.7. The minimum Gasteiger partial charge on any atom is -0.550 e. The summed E-state index contributed by atoms with van der Waals surface area (Å²) < 4.78 is 6.32. The van der Waals surface area contributed by atoms with Crippen LogP contribution in [0.2, 0.25) is 0 Å². The summed E-state index contributed by atoms with van der Waals surface area (Å²) in [5.74, 6) is 0.900. The van der Waals surface area contributed by atoms with Crippen LogP contribution in [0.25, 0.3) is 0 Å². The van der Waals surface area contributed by atoms with Crippen LogP contribution >= 0.6 is 0 Å². The SMILES string of the molecule is CC12C[C@@]34CC[C@H]5[C@@](C)(CCC[C@@]5(C)C(=O)[O-])[C@@H]3CC(O1)[C@@H]2C4. The average Bonchev–Trinajstić information content (AvgIpc) is 2.59. The molecule has 23 heavy (non-hydrogen) atoms. The normalized spacial score (nSPS) is 62.9. The van der Waals surface area contributed by atoms with Crippen molar-refractivity contribution in [3.05, 3.63) is 0 Å². The summed E-state index contributed by atoms with van der Waals surface area (Å²) in [6.45, 7) is 6.72. The highest BCUT2D eigenvalue weighted by atomic mass is 16.5. The number of carboxylic acid groups (broad SMARTS) is 1. The molecular weight excluding hydrogens is 288 g/mol. The number of aliphatic carboxylic acids is 1. The molecule has 0 aromatic rings. The number of carboxylic acids is 1. The third-order valence-corrected chi connectivity index (χ3v) is 9.36. The van der Waals surface area contributed by atoms with Gasteiger partial charge < -0.3 is 14.6 Å². The van der Waals surface area contributed by atoms with Crippen LogP contribution in [0.1, 0.15) is 72.1 Å². The van der Waals surface area contributed by atoms with Gasteiger partial charge in [0.05, 0.1) is 11.7 Å². The van der Waals surface area contributed by atoms with E-state index in [1.165, 1.54) is 32.1 Å². The minimum absolute atomic E-state index is 0.134. The lowest BCUT2D eigenvalue weighted by atomic mass is 9.41. The van der Waals surface area contributed by atoms with E-state index in [-0.39, 0.29) is 16.9 Å². The quantitative estimate of drug-likeness (QED) is 0.747. The monoisotopic (exact) mass is 317 g/mol. The zero-order valence-corrected chi connectivity index (χ0v) is 14.7. The molecule has 0 amide bonds. The number of carbonyl (C=O) groups excluding carboxylic acids is 1. The molecule has 5 aliphatic rings. The second kappa shape index (κ2) is 3.98. The molecule has 3 heteroatoms. The number of hydrogen-bond donors (Lipinski definition) is 0. The van der Waals surface area contributed by atoms with Gasteiger partial charge in [0.2, 0.25) is 0 Å². The lowest BCUT2D eigenvalue weighted by Crippen LogP contribution is -2.62. The maximum absolute atomic E-state index is 12.0. The maximum Gasteiger partial charge on any atom is 0.0716 e. The van der Waals surface area contributed by atoms with Crippen LogP contribution in [0.4, 0.5) is 0 Å². The fourth-order valence-corrected chi connectivity index (χ4v) is 8.51. The first-order valence-corrected chi connectivity index (χ1v) is 9.63. The first-order valence-electron chi connectivity index (χ1n) is 9.63. The minimum atomic E-state index is -0.808. The van der Waals surface area contributed by atoms with E-state index in [1.807, 2.05) is 6.92 Å². The van der Waals surface area contributed by atoms with Crippen molar-refractivity contribution in [3.63, 3.8) is 0 Å². The second-order valence-corrected chi connectivity index (χ2v) is 10.3. The Labute approximate surface area is 139 Å². The Morgan fingerprint density at radius 1 is 1.13 bits per heavy atom. The predicted octanol–water partition coefficient (Wildman–Crippen LogP) is 2.92. The molecule has 0 aromatic carbocycles. The van der Waals surface area contributed by atoms with E-state index >= 15 is 0 Å². The van der Waals surface area contributed by atoms with Gasteiger partial charge in [0.25, 0.3) is 0 Å². The summed E-state index contributed by atoms with van der Waals surface area (Å²) in [4.78, 5) is 12.0. The summed E-state index contributed by atoms with van der Waals surface area (Å²) in [7, 11) is 0. The maximum atomic E-state index is 12.0. The van der Waals surface area contributed by atoms with Gasteiger partial charge in [-0.3, -0.25) is 0 Å². The fourth-order valence-electron chi connectivity index (χ4n) is 8.51.